The van der Waals surface area contributed by atoms with Gasteiger partial charge < -0.3 is 9.80 Å². The van der Waals surface area contributed by atoms with E-state index in [1.807, 2.05) is 6.26 Å². The molecule has 0 spiro atoms. The summed E-state index contributed by atoms with van der Waals surface area (Å²) < 4.78 is 28.3. The zero-order valence-electron chi connectivity index (χ0n) is 17.1. The lowest BCUT2D eigenvalue weighted by Crippen LogP contribution is -2.51. The van der Waals surface area contributed by atoms with Crippen LogP contribution in [0.3, 0.4) is 0 Å². The molecule has 0 saturated carbocycles. The highest BCUT2D eigenvalue weighted by atomic mass is 35.5. The van der Waals surface area contributed by atoms with Crippen LogP contribution >= 0.6 is 23.4 Å². The van der Waals surface area contributed by atoms with Crippen LogP contribution in [0.4, 0.5) is 8.78 Å². The number of nitrogens with zero attached hydrogens (tertiary/aromatic N) is 4. The Balaban J connectivity index is 1.50. The third-order valence-electron chi connectivity index (χ3n) is 5.23. The molecule has 0 atom stereocenters. The maximum absolute atomic E-state index is 13.4. The summed E-state index contributed by atoms with van der Waals surface area (Å²) in [5.41, 5.74) is 1.23. The number of piperazine rings is 1. The number of thioether (sulfide) groups is 1. The third-order valence-corrected chi connectivity index (χ3v) is 6.20. The molecule has 0 aliphatic carbocycles. The smallest absolute Gasteiger partial charge is 0.272 e. The van der Waals surface area contributed by atoms with Crippen LogP contribution in [0, 0.1) is 11.6 Å². The molecule has 0 N–H and O–H groups in total. The monoisotopic (exact) mass is 476 g/mol. The minimum atomic E-state index is -0.510. The second-order valence-corrected chi connectivity index (χ2v) is 8.33. The maximum Gasteiger partial charge on any atom is 0.272 e. The summed E-state index contributed by atoms with van der Waals surface area (Å²) >= 11 is 7.40. The number of aromatic nitrogens is 2. The number of amides is 2. The van der Waals surface area contributed by atoms with E-state index in [1.165, 1.54) is 42.2 Å². The number of hydrogen-bond donors (Lipinski definition) is 0. The Kier molecular flexibility index (Phi) is 6.48. The maximum atomic E-state index is 13.4. The van der Waals surface area contributed by atoms with Crippen LogP contribution in [0.5, 0.6) is 0 Å². The lowest BCUT2D eigenvalue weighted by Gasteiger charge is -2.35. The molecule has 2 amide bonds. The van der Waals surface area contributed by atoms with Crippen LogP contribution < -0.4 is 0 Å². The van der Waals surface area contributed by atoms with Crippen molar-refractivity contribution < 1.29 is 18.4 Å². The van der Waals surface area contributed by atoms with Gasteiger partial charge in [0, 0.05) is 31.9 Å². The van der Waals surface area contributed by atoms with Crippen molar-refractivity contribution >= 4 is 35.2 Å². The number of rotatable bonds is 4. The zero-order chi connectivity index (χ0) is 22.8. The van der Waals surface area contributed by atoms with E-state index in [2.05, 4.69) is 4.98 Å². The van der Waals surface area contributed by atoms with Crippen molar-refractivity contribution in [3.8, 4) is 5.69 Å². The second kappa shape index (κ2) is 9.30. The van der Waals surface area contributed by atoms with Gasteiger partial charge in [-0.05, 0) is 48.7 Å². The summed E-state index contributed by atoms with van der Waals surface area (Å²) in [7, 11) is 0. The van der Waals surface area contributed by atoms with Gasteiger partial charge in [0.15, 0.2) is 5.16 Å². The average Bonchev–Trinajstić information content (AvgIpc) is 3.23. The Bertz CT molecular complexity index is 1160. The Morgan fingerprint density at radius 2 is 1.53 bits per heavy atom. The van der Waals surface area contributed by atoms with Gasteiger partial charge in [-0.25, -0.2) is 13.8 Å². The van der Waals surface area contributed by atoms with Crippen molar-refractivity contribution in [2.24, 2.45) is 0 Å². The van der Waals surface area contributed by atoms with Crippen molar-refractivity contribution in [2.75, 3.05) is 32.4 Å². The quantitative estimate of drug-likeness (QED) is 0.531. The Morgan fingerprint density at radius 1 is 0.938 bits per heavy atom. The predicted molar refractivity (Wildman–Crippen MR) is 119 cm³/mol. The first-order valence-electron chi connectivity index (χ1n) is 9.80. The third kappa shape index (κ3) is 4.35. The Morgan fingerprint density at radius 3 is 2.12 bits per heavy atom. The van der Waals surface area contributed by atoms with Crippen molar-refractivity contribution in [3.05, 3.63) is 76.6 Å². The zero-order valence-corrected chi connectivity index (χ0v) is 18.7. The summed E-state index contributed by atoms with van der Waals surface area (Å²) in [4.78, 5) is 33.6. The molecule has 2 heterocycles. The SMILES string of the molecule is CSc1ncc(C(=O)N2CCN(C(=O)c3ccc(F)cc3Cl)CC2)n1-c1ccc(F)cc1. The lowest BCUT2D eigenvalue weighted by atomic mass is 10.1. The molecule has 32 heavy (non-hydrogen) atoms. The topological polar surface area (TPSA) is 58.4 Å². The van der Waals surface area contributed by atoms with E-state index >= 15 is 0 Å². The molecule has 0 radical (unpaired) electrons. The van der Waals surface area contributed by atoms with Gasteiger partial charge in [-0.15, -0.1) is 0 Å². The van der Waals surface area contributed by atoms with E-state index in [4.69, 9.17) is 11.6 Å². The molecule has 1 aliphatic rings. The summed E-state index contributed by atoms with van der Waals surface area (Å²) in [6.07, 6.45) is 3.36. The number of hydrogen-bond acceptors (Lipinski definition) is 4. The molecule has 166 valence electrons. The highest BCUT2D eigenvalue weighted by molar-refractivity contribution is 7.98. The van der Waals surface area contributed by atoms with Gasteiger partial charge in [-0.3, -0.25) is 14.2 Å². The number of carbonyl (C=O) groups excluding carboxylic acids is 2. The molecule has 1 saturated heterocycles. The van der Waals surface area contributed by atoms with Crippen molar-refractivity contribution in [1.82, 2.24) is 19.4 Å². The number of halogens is 3. The Labute approximate surface area is 192 Å². The molecule has 4 rings (SSSR count). The molecule has 0 unspecified atom stereocenters. The van der Waals surface area contributed by atoms with Gasteiger partial charge in [0.05, 0.1) is 16.8 Å². The fourth-order valence-corrected chi connectivity index (χ4v) is 4.37. The van der Waals surface area contributed by atoms with Crippen molar-refractivity contribution in [2.45, 2.75) is 5.16 Å². The molecule has 0 bridgehead atoms. The minimum Gasteiger partial charge on any atom is -0.335 e. The molecule has 1 fully saturated rings. The highest BCUT2D eigenvalue weighted by Gasteiger charge is 2.29. The second-order valence-electron chi connectivity index (χ2n) is 7.15. The summed E-state index contributed by atoms with van der Waals surface area (Å²) in [6.45, 7) is 1.29. The molecular weight excluding hydrogens is 458 g/mol. The summed E-state index contributed by atoms with van der Waals surface area (Å²) in [5, 5.41) is 0.668. The minimum absolute atomic E-state index is 0.0568. The number of imidazole rings is 1. The van der Waals surface area contributed by atoms with Gasteiger partial charge in [-0.2, -0.15) is 0 Å². The first kappa shape index (κ1) is 22.3. The number of benzene rings is 2. The first-order valence-corrected chi connectivity index (χ1v) is 11.4. The van der Waals surface area contributed by atoms with Gasteiger partial charge >= 0.3 is 0 Å². The molecule has 6 nitrogen and oxygen atoms in total. The fourth-order valence-electron chi connectivity index (χ4n) is 3.58. The Hall–Kier alpha value is -2.91. The van der Waals surface area contributed by atoms with E-state index in [1.54, 1.807) is 26.5 Å². The van der Waals surface area contributed by atoms with Crippen LogP contribution in [0.2, 0.25) is 5.02 Å². The van der Waals surface area contributed by atoms with E-state index < -0.39 is 5.82 Å². The van der Waals surface area contributed by atoms with E-state index in [9.17, 15) is 18.4 Å². The van der Waals surface area contributed by atoms with Gasteiger partial charge in [0.2, 0.25) is 0 Å². The fraction of sp³-hybridized carbons (Fsp3) is 0.227. The van der Waals surface area contributed by atoms with Crippen molar-refractivity contribution in [1.29, 1.82) is 0 Å². The lowest BCUT2D eigenvalue weighted by molar-refractivity contribution is 0.0530. The van der Waals surface area contributed by atoms with E-state index in [0.717, 1.165) is 6.07 Å². The normalized spacial score (nSPS) is 14.0. The molecule has 2 aromatic carbocycles. The van der Waals surface area contributed by atoms with Crippen LogP contribution in [-0.4, -0.2) is 63.6 Å². The molecule has 1 aliphatic heterocycles. The molecule has 1 aromatic heterocycles. The number of carbonyl (C=O) groups is 2. The first-order chi connectivity index (χ1) is 15.4. The van der Waals surface area contributed by atoms with Crippen LogP contribution in [-0.2, 0) is 0 Å². The predicted octanol–water partition coefficient (Wildman–Crippen LogP) is 4.12. The summed E-state index contributed by atoms with van der Waals surface area (Å²) in [5.74, 6) is -1.41. The summed E-state index contributed by atoms with van der Waals surface area (Å²) in [6, 6.07) is 9.51. The molecule has 3 aromatic rings. The van der Waals surface area contributed by atoms with E-state index in [-0.39, 0.29) is 28.2 Å². The highest BCUT2D eigenvalue weighted by Crippen LogP contribution is 2.24. The van der Waals surface area contributed by atoms with Crippen molar-refractivity contribution in [3.63, 3.8) is 0 Å². The van der Waals surface area contributed by atoms with Gasteiger partial charge in [0.25, 0.3) is 11.8 Å². The molecular formula is C22H19ClF2N4O2S. The van der Waals surface area contributed by atoms with E-state index in [0.29, 0.717) is 42.7 Å². The van der Waals surface area contributed by atoms with Gasteiger partial charge in [-0.1, -0.05) is 23.4 Å². The molecule has 10 heteroatoms. The average molecular weight is 477 g/mol. The van der Waals surface area contributed by atoms with Crippen LogP contribution in [0.25, 0.3) is 5.69 Å². The van der Waals surface area contributed by atoms with Gasteiger partial charge in [0.1, 0.15) is 17.3 Å². The van der Waals surface area contributed by atoms with Crippen LogP contribution in [0.1, 0.15) is 20.8 Å². The largest absolute Gasteiger partial charge is 0.335 e. The standard InChI is InChI=1S/C22H19ClF2N4O2S/c1-32-22-26-13-19(29(22)16-5-2-14(24)3-6-16)21(31)28-10-8-27(9-11-28)20(30)17-7-4-15(25)12-18(17)23/h2-7,12-13H,8-11H2,1H3. The van der Waals surface area contributed by atoms with Crippen LogP contribution in [0.15, 0.2) is 53.8 Å².